The third-order valence-electron chi connectivity index (χ3n) is 2.88. The van der Waals surface area contributed by atoms with Crippen molar-refractivity contribution in [1.82, 2.24) is 0 Å². The van der Waals surface area contributed by atoms with Crippen LogP contribution in [-0.2, 0) is 0 Å². The Morgan fingerprint density at radius 3 is 2.94 bits per heavy atom. The van der Waals surface area contributed by atoms with E-state index < -0.39 is 5.82 Å². The minimum absolute atomic E-state index is 0.101. The number of hydrogen-bond donors (Lipinski definition) is 1. The van der Waals surface area contributed by atoms with E-state index in [-0.39, 0.29) is 5.56 Å². The first kappa shape index (κ1) is 10.9. The lowest BCUT2D eigenvalue weighted by Crippen LogP contribution is -2.15. The van der Waals surface area contributed by atoms with E-state index in [4.69, 9.17) is 5.26 Å². The lowest BCUT2D eigenvalue weighted by molar-refractivity contribution is 0.622. The van der Waals surface area contributed by atoms with Gasteiger partial charge in [-0.05, 0) is 37.5 Å². The van der Waals surface area contributed by atoms with Crippen LogP contribution in [0.2, 0.25) is 0 Å². The maximum Gasteiger partial charge on any atom is 0.141 e. The Morgan fingerprint density at radius 1 is 1.56 bits per heavy atom. The van der Waals surface area contributed by atoms with E-state index in [1.807, 2.05) is 6.07 Å². The molecule has 3 heteroatoms. The van der Waals surface area contributed by atoms with Crippen molar-refractivity contribution >= 4 is 5.69 Å². The van der Waals surface area contributed by atoms with Gasteiger partial charge >= 0.3 is 0 Å². The van der Waals surface area contributed by atoms with Crippen molar-refractivity contribution in [2.24, 2.45) is 5.92 Å². The molecule has 1 atom stereocenters. The van der Waals surface area contributed by atoms with Crippen LogP contribution in [0.25, 0.3) is 0 Å². The summed E-state index contributed by atoms with van der Waals surface area (Å²) in [5.74, 6) is 0.404. The normalized spacial score (nSPS) is 16.6. The molecule has 0 amide bonds. The molecule has 1 fully saturated rings. The molecule has 84 valence electrons. The third kappa shape index (κ3) is 2.73. The lowest BCUT2D eigenvalue weighted by Gasteiger charge is -2.14. The molecule has 2 rings (SSSR count). The van der Waals surface area contributed by atoms with Crippen molar-refractivity contribution < 1.29 is 4.39 Å². The van der Waals surface area contributed by atoms with Gasteiger partial charge in [0, 0.05) is 11.7 Å². The van der Waals surface area contributed by atoms with Crippen LogP contribution in [-0.4, -0.2) is 6.04 Å². The highest BCUT2D eigenvalue weighted by molar-refractivity contribution is 5.50. The number of nitrogens with one attached hydrogen (secondary N) is 1. The van der Waals surface area contributed by atoms with E-state index in [0.29, 0.717) is 6.04 Å². The highest BCUT2D eigenvalue weighted by Gasteiger charge is 2.23. The van der Waals surface area contributed by atoms with E-state index in [1.165, 1.54) is 18.9 Å². The summed E-state index contributed by atoms with van der Waals surface area (Å²) >= 11 is 0. The number of anilines is 1. The number of rotatable bonds is 4. The predicted molar refractivity (Wildman–Crippen MR) is 61.5 cm³/mol. The summed E-state index contributed by atoms with van der Waals surface area (Å²) in [5.41, 5.74) is 0.926. The number of benzene rings is 1. The number of nitriles is 1. The van der Waals surface area contributed by atoms with Crippen LogP contribution >= 0.6 is 0 Å². The van der Waals surface area contributed by atoms with Crippen molar-refractivity contribution in [3.8, 4) is 6.07 Å². The molecule has 1 aromatic carbocycles. The van der Waals surface area contributed by atoms with E-state index in [9.17, 15) is 4.39 Å². The van der Waals surface area contributed by atoms with Crippen LogP contribution in [0.15, 0.2) is 18.2 Å². The highest BCUT2D eigenvalue weighted by atomic mass is 19.1. The summed E-state index contributed by atoms with van der Waals surface area (Å²) in [5, 5.41) is 12.0. The SMILES string of the molecule is CC(CC1CC1)Nc1ccc(F)c(C#N)c1. The van der Waals surface area contributed by atoms with Crippen LogP contribution in [0.1, 0.15) is 31.7 Å². The average molecular weight is 218 g/mol. The van der Waals surface area contributed by atoms with E-state index in [0.717, 1.165) is 18.0 Å². The number of nitrogens with zero attached hydrogens (tertiary/aromatic N) is 1. The molecule has 0 aromatic heterocycles. The minimum Gasteiger partial charge on any atom is -0.383 e. The maximum atomic E-state index is 13.1. The standard InChI is InChI=1S/C13H15FN2/c1-9(6-10-2-3-10)16-12-4-5-13(14)11(7-12)8-15/h4-5,7,9-10,16H,2-3,6H2,1H3. The molecule has 0 bridgehead atoms. The molecule has 2 nitrogen and oxygen atoms in total. The van der Waals surface area contributed by atoms with Crippen LogP contribution in [0.4, 0.5) is 10.1 Å². The van der Waals surface area contributed by atoms with Gasteiger partial charge in [-0.2, -0.15) is 5.26 Å². The Bertz CT molecular complexity index is 418. The molecular formula is C13H15FN2. The monoisotopic (exact) mass is 218 g/mol. The molecule has 1 unspecified atom stereocenters. The Balaban J connectivity index is 2.00. The van der Waals surface area contributed by atoms with Crippen LogP contribution < -0.4 is 5.32 Å². The summed E-state index contributed by atoms with van der Waals surface area (Å²) in [6, 6.07) is 6.81. The molecule has 0 spiro atoms. The van der Waals surface area contributed by atoms with Gasteiger partial charge in [0.05, 0.1) is 5.56 Å². The van der Waals surface area contributed by atoms with Gasteiger partial charge in [0.2, 0.25) is 0 Å². The maximum absolute atomic E-state index is 13.1. The predicted octanol–water partition coefficient (Wildman–Crippen LogP) is 3.30. The molecular weight excluding hydrogens is 203 g/mol. The highest BCUT2D eigenvalue weighted by Crippen LogP contribution is 2.34. The Morgan fingerprint density at radius 2 is 2.31 bits per heavy atom. The lowest BCUT2D eigenvalue weighted by atomic mass is 10.1. The van der Waals surface area contributed by atoms with Gasteiger partial charge in [0.25, 0.3) is 0 Å². The zero-order valence-corrected chi connectivity index (χ0v) is 9.33. The fourth-order valence-electron chi connectivity index (χ4n) is 1.90. The molecule has 1 aliphatic carbocycles. The number of halogens is 1. The Hall–Kier alpha value is -1.56. The van der Waals surface area contributed by atoms with Gasteiger partial charge in [-0.15, -0.1) is 0 Å². The quantitative estimate of drug-likeness (QED) is 0.841. The minimum atomic E-state index is -0.456. The van der Waals surface area contributed by atoms with E-state index in [1.54, 1.807) is 12.1 Å². The average Bonchev–Trinajstić information content (AvgIpc) is 3.04. The van der Waals surface area contributed by atoms with Gasteiger partial charge < -0.3 is 5.32 Å². The Kier molecular flexibility index (Phi) is 3.09. The molecule has 1 aliphatic rings. The van der Waals surface area contributed by atoms with Crippen molar-refractivity contribution in [3.05, 3.63) is 29.6 Å². The topological polar surface area (TPSA) is 35.8 Å². The van der Waals surface area contributed by atoms with Gasteiger partial charge in [0.15, 0.2) is 0 Å². The molecule has 16 heavy (non-hydrogen) atoms. The second-order valence-corrected chi connectivity index (χ2v) is 4.53. The molecule has 0 radical (unpaired) electrons. The van der Waals surface area contributed by atoms with Gasteiger partial charge in [0.1, 0.15) is 11.9 Å². The van der Waals surface area contributed by atoms with Crippen LogP contribution in [0.5, 0.6) is 0 Å². The van der Waals surface area contributed by atoms with Crippen molar-refractivity contribution in [2.45, 2.75) is 32.2 Å². The first-order chi connectivity index (χ1) is 7.69. The van der Waals surface area contributed by atoms with Crippen LogP contribution in [0.3, 0.4) is 0 Å². The summed E-state index contributed by atoms with van der Waals surface area (Å²) < 4.78 is 13.1. The summed E-state index contributed by atoms with van der Waals surface area (Å²) in [6.45, 7) is 2.12. The fraction of sp³-hybridized carbons (Fsp3) is 0.462. The van der Waals surface area contributed by atoms with Crippen LogP contribution in [0, 0.1) is 23.1 Å². The van der Waals surface area contributed by atoms with E-state index in [2.05, 4.69) is 12.2 Å². The summed E-state index contributed by atoms with van der Waals surface area (Å²) in [4.78, 5) is 0. The second kappa shape index (κ2) is 4.52. The molecule has 1 saturated carbocycles. The largest absolute Gasteiger partial charge is 0.383 e. The molecule has 1 N–H and O–H groups in total. The second-order valence-electron chi connectivity index (χ2n) is 4.53. The van der Waals surface area contributed by atoms with Crippen molar-refractivity contribution in [2.75, 3.05) is 5.32 Å². The van der Waals surface area contributed by atoms with E-state index >= 15 is 0 Å². The third-order valence-corrected chi connectivity index (χ3v) is 2.88. The van der Waals surface area contributed by atoms with Gasteiger partial charge in [-0.1, -0.05) is 12.8 Å². The summed E-state index contributed by atoms with van der Waals surface area (Å²) in [6.07, 6.45) is 3.82. The zero-order chi connectivity index (χ0) is 11.5. The summed E-state index contributed by atoms with van der Waals surface area (Å²) in [7, 11) is 0. The van der Waals surface area contributed by atoms with Gasteiger partial charge in [-0.25, -0.2) is 4.39 Å². The fourth-order valence-corrected chi connectivity index (χ4v) is 1.90. The van der Waals surface area contributed by atoms with Gasteiger partial charge in [-0.3, -0.25) is 0 Å². The molecule has 1 aromatic rings. The Labute approximate surface area is 95.1 Å². The molecule has 0 saturated heterocycles. The van der Waals surface area contributed by atoms with Crippen molar-refractivity contribution in [3.63, 3.8) is 0 Å². The van der Waals surface area contributed by atoms with Crippen molar-refractivity contribution in [1.29, 1.82) is 5.26 Å². The zero-order valence-electron chi connectivity index (χ0n) is 9.33. The first-order valence-electron chi connectivity index (χ1n) is 5.65. The first-order valence-corrected chi connectivity index (χ1v) is 5.65. The smallest absolute Gasteiger partial charge is 0.141 e. The number of hydrogen-bond acceptors (Lipinski definition) is 2. The molecule has 0 aliphatic heterocycles. The molecule has 0 heterocycles.